The highest BCUT2D eigenvalue weighted by Gasteiger charge is 2.44. The number of ether oxygens (including phenoxy) is 1. The molecule has 0 radical (unpaired) electrons. The van der Waals surface area contributed by atoms with Crippen LogP contribution in [-0.4, -0.2) is 57.7 Å². The van der Waals surface area contributed by atoms with E-state index in [1.165, 1.54) is 35.1 Å². The van der Waals surface area contributed by atoms with Gasteiger partial charge in [-0.05, 0) is 112 Å². The average Bonchev–Trinajstić information content (AvgIpc) is 3.69. The Balaban J connectivity index is 0.000000279. The van der Waals surface area contributed by atoms with E-state index in [1.807, 2.05) is 30.3 Å². The van der Waals surface area contributed by atoms with E-state index in [9.17, 15) is 31.2 Å². The number of halogens is 5. The number of alkyl halides is 3. The zero-order chi connectivity index (χ0) is 41.7. The number of carbonyl (C=O) groups is 2. The van der Waals surface area contributed by atoms with Crippen molar-refractivity contribution < 1.29 is 35.9 Å². The fourth-order valence-corrected chi connectivity index (χ4v) is 11.3. The molecule has 1 fully saturated rings. The van der Waals surface area contributed by atoms with E-state index in [1.54, 1.807) is 4.90 Å². The number of likely N-dealkylation sites (tertiary alicyclic amines) is 1. The number of hydrogen-bond donors (Lipinski definition) is 1. The number of hydrogen-bond acceptors (Lipinski definition) is 5. The molecule has 1 aliphatic heterocycles. The summed E-state index contributed by atoms with van der Waals surface area (Å²) in [5.41, 5.74) is 1.09. The highest BCUT2D eigenvalue weighted by molar-refractivity contribution is 9.11. The molecular formula is C43H43Br2F3N3O5PS. The smallest absolute Gasteiger partial charge is 0.445 e. The summed E-state index contributed by atoms with van der Waals surface area (Å²) in [5.74, 6) is -2.45. The van der Waals surface area contributed by atoms with Crippen LogP contribution in [0.3, 0.4) is 0 Å². The lowest BCUT2D eigenvalue weighted by Crippen LogP contribution is -2.43. The SMILES string of the molecule is CNS(=O)(=O)Cc1cc(Br)c(N(CCC[C@@H]2CCCN2C(=O)OCc2ccccc2)C(=O)C(F)(F)F)c(Br)c1.c1ccc(P(c2ccccc2)c2ccccc2)cc1. The monoisotopic (exact) mass is 959 g/mol. The Kier molecular flexibility index (Phi) is 16.5. The van der Waals surface area contributed by atoms with E-state index in [4.69, 9.17) is 4.74 Å². The van der Waals surface area contributed by atoms with Crippen molar-refractivity contribution in [3.8, 4) is 0 Å². The van der Waals surface area contributed by atoms with Crippen LogP contribution in [0.4, 0.5) is 23.7 Å². The molecule has 1 heterocycles. The molecule has 1 N–H and O–H groups in total. The van der Waals surface area contributed by atoms with Crippen LogP contribution in [-0.2, 0) is 31.9 Å². The topological polar surface area (TPSA) is 96.0 Å². The van der Waals surface area contributed by atoms with Crippen LogP contribution >= 0.6 is 39.8 Å². The highest BCUT2D eigenvalue weighted by atomic mass is 79.9. The second-order valence-corrected chi connectivity index (χ2v) is 19.2. The first-order valence-corrected chi connectivity index (χ1v) is 23.1. The molecule has 58 heavy (non-hydrogen) atoms. The van der Waals surface area contributed by atoms with Crippen molar-refractivity contribution >= 4 is 83.4 Å². The Morgan fingerprint density at radius 2 is 1.29 bits per heavy atom. The van der Waals surface area contributed by atoms with Crippen LogP contribution in [0.1, 0.15) is 36.8 Å². The highest BCUT2D eigenvalue weighted by Crippen LogP contribution is 2.39. The molecule has 0 spiro atoms. The van der Waals surface area contributed by atoms with Crippen molar-refractivity contribution in [3.05, 3.63) is 154 Å². The summed E-state index contributed by atoms with van der Waals surface area (Å²) in [6.07, 6.45) is -3.64. The van der Waals surface area contributed by atoms with Gasteiger partial charge in [0.1, 0.15) is 6.61 Å². The van der Waals surface area contributed by atoms with Gasteiger partial charge in [-0.3, -0.25) is 4.79 Å². The quantitative estimate of drug-likeness (QED) is 0.119. The normalized spacial score (nSPS) is 14.1. The van der Waals surface area contributed by atoms with E-state index in [2.05, 4.69) is 128 Å². The van der Waals surface area contributed by atoms with Crippen LogP contribution in [0.5, 0.6) is 0 Å². The third kappa shape index (κ3) is 12.7. The van der Waals surface area contributed by atoms with E-state index >= 15 is 0 Å². The maximum absolute atomic E-state index is 13.5. The third-order valence-electron chi connectivity index (χ3n) is 9.28. The molecule has 5 aromatic rings. The van der Waals surface area contributed by atoms with E-state index in [0.29, 0.717) is 29.8 Å². The van der Waals surface area contributed by atoms with Gasteiger partial charge < -0.3 is 14.5 Å². The Hall–Kier alpha value is -4.07. The second-order valence-electron chi connectivity index (χ2n) is 13.3. The van der Waals surface area contributed by atoms with Gasteiger partial charge in [0.05, 0.1) is 11.4 Å². The Morgan fingerprint density at radius 1 is 0.810 bits per heavy atom. The molecule has 5 aromatic carbocycles. The van der Waals surface area contributed by atoms with Gasteiger partial charge in [-0.1, -0.05) is 121 Å². The molecule has 1 aliphatic rings. The molecule has 0 aromatic heterocycles. The summed E-state index contributed by atoms with van der Waals surface area (Å²) in [4.78, 5) is 27.3. The zero-order valence-electron chi connectivity index (χ0n) is 31.6. The summed E-state index contributed by atoms with van der Waals surface area (Å²) >= 11 is 6.42. The molecule has 8 nitrogen and oxygen atoms in total. The number of amides is 2. The molecule has 0 saturated carbocycles. The number of nitrogens with one attached hydrogen (secondary N) is 1. The van der Waals surface area contributed by atoms with Gasteiger partial charge in [-0.2, -0.15) is 13.2 Å². The van der Waals surface area contributed by atoms with Crippen LogP contribution in [0.2, 0.25) is 0 Å². The maximum Gasteiger partial charge on any atom is 0.471 e. The molecule has 0 bridgehead atoms. The molecule has 306 valence electrons. The fourth-order valence-electron chi connectivity index (χ4n) is 6.56. The number of benzene rings is 5. The van der Waals surface area contributed by atoms with Crippen molar-refractivity contribution in [3.63, 3.8) is 0 Å². The largest absolute Gasteiger partial charge is 0.471 e. The van der Waals surface area contributed by atoms with Crippen LogP contribution in [0, 0.1) is 0 Å². The minimum absolute atomic E-state index is 0.0616. The first-order valence-electron chi connectivity index (χ1n) is 18.5. The minimum atomic E-state index is -5.13. The molecule has 1 atom stereocenters. The predicted molar refractivity (Wildman–Crippen MR) is 233 cm³/mol. The third-order valence-corrected chi connectivity index (χ3v) is 14.3. The van der Waals surface area contributed by atoms with Crippen molar-refractivity contribution in [1.29, 1.82) is 0 Å². The van der Waals surface area contributed by atoms with Crippen molar-refractivity contribution in [2.45, 2.75) is 50.3 Å². The van der Waals surface area contributed by atoms with Gasteiger partial charge in [0.25, 0.3) is 0 Å². The Morgan fingerprint density at radius 3 is 1.76 bits per heavy atom. The van der Waals surface area contributed by atoms with Gasteiger partial charge in [0.2, 0.25) is 10.0 Å². The van der Waals surface area contributed by atoms with Gasteiger partial charge in [-0.15, -0.1) is 0 Å². The fraction of sp³-hybridized carbons (Fsp3) is 0.256. The Bertz CT molecular complexity index is 2090. The molecule has 6 rings (SSSR count). The number of nitrogens with zero attached hydrogens (tertiary/aromatic N) is 2. The van der Waals surface area contributed by atoms with E-state index < -0.39 is 41.9 Å². The number of carbonyl (C=O) groups excluding carboxylic acids is 2. The lowest BCUT2D eigenvalue weighted by molar-refractivity contribution is -0.170. The summed E-state index contributed by atoms with van der Waals surface area (Å²) < 4.78 is 72.3. The molecule has 0 unspecified atom stereocenters. The van der Waals surface area contributed by atoms with Crippen LogP contribution in [0.15, 0.2) is 142 Å². The summed E-state index contributed by atoms with van der Waals surface area (Å²) in [5, 5.41) is 4.19. The summed E-state index contributed by atoms with van der Waals surface area (Å²) in [6, 6.07) is 44.0. The molecule has 15 heteroatoms. The van der Waals surface area contributed by atoms with Gasteiger partial charge in [-0.25, -0.2) is 17.9 Å². The summed E-state index contributed by atoms with van der Waals surface area (Å²) in [7, 11) is -2.82. The summed E-state index contributed by atoms with van der Waals surface area (Å²) in [6.45, 7) is 0.328. The minimum Gasteiger partial charge on any atom is -0.445 e. The first-order chi connectivity index (χ1) is 27.8. The number of rotatable bonds is 13. The molecule has 2 amide bonds. The van der Waals surface area contributed by atoms with E-state index in [-0.39, 0.29) is 40.2 Å². The van der Waals surface area contributed by atoms with Gasteiger partial charge >= 0.3 is 18.2 Å². The molecule has 1 saturated heterocycles. The van der Waals surface area contributed by atoms with Crippen molar-refractivity contribution in [2.75, 3.05) is 25.0 Å². The first kappa shape index (κ1) is 45.0. The van der Waals surface area contributed by atoms with Crippen molar-refractivity contribution in [1.82, 2.24) is 9.62 Å². The molecule has 0 aliphatic carbocycles. The lowest BCUT2D eigenvalue weighted by Gasteiger charge is -2.28. The number of anilines is 1. The van der Waals surface area contributed by atoms with Crippen LogP contribution in [0.25, 0.3) is 0 Å². The lowest BCUT2D eigenvalue weighted by atomic mass is 10.1. The maximum atomic E-state index is 13.5. The Labute approximate surface area is 355 Å². The average molecular weight is 962 g/mol. The van der Waals surface area contributed by atoms with Crippen LogP contribution < -0.4 is 25.5 Å². The zero-order valence-corrected chi connectivity index (χ0v) is 36.5. The number of sulfonamides is 1. The van der Waals surface area contributed by atoms with Crippen molar-refractivity contribution in [2.24, 2.45) is 0 Å². The predicted octanol–water partition coefficient (Wildman–Crippen LogP) is 9.18. The van der Waals surface area contributed by atoms with Gasteiger partial charge in [0.15, 0.2) is 0 Å². The van der Waals surface area contributed by atoms with Gasteiger partial charge in [0, 0.05) is 28.1 Å². The second kappa shape index (κ2) is 21.3. The molecular weight excluding hydrogens is 918 g/mol. The van der Waals surface area contributed by atoms with E-state index in [0.717, 1.165) is 12.0 Å². The standard InChI is InChI=1S/C25H28Br2F3N3O5S.C18H15P/c1-31-39(36,37)16-18-13-20(26)22(21(27)14-18)33(23(34)25(28,29)30)12-6-10-19-9-5-11-32(19)24(35)38-15-17-7-3-2-4-8-17;1-4-10-16(11-5-1)19(17-12-6-2-7-13-17)18-14-8-3-9-15-18/h2-4,7-8,13-14,19,31H,5-6,9-12,15-16H2,1H3;1-15H/t19-;/m0./s1.